The largest absolute Gasteiger partial charge is 0.368 e. The van der Waals surface area contributed by atoms with Gasteiger partial charge in [-0.2, -0.15) is 0 Å². The quantitative estimate of drug-likeness (QED) is 0.488. The van der Waals surface area contributed by atoms with Crippen LogP contribution in [-0.2, 0) is 0 Å². The van der Waals surface area contributed by atoms with Gasteiger partial charge in [0.25, 0.3) is 5.69 Å². The first-order valence-electron chi connectivity index (χ1n) is 7.85. The summed E-state index contributed by atoms with van der Waals surface area (Å²) in [7, 11) is 0. The molecule has 0 N–H and O–H groups in total. The van der Waals surface area contributed by atoms with E-state index in [0.717, 1.165) is 26.2 Å². The van der Waals surface area contributed by atoms with E-state index in [0.29, 0.717) is 5.69 Å². The molecule has 1 saturated heterocycles. The number of nitro benzene ring substituents is 1. The van der Waals surface area contributed by atoms with Crippen molar-refractivity contribution in [2.24, 2.45) is 10.3 Å². The van der Waals surface area contributed by atoms with Crippen LogP contribution in [0.5, 0.6) is 0 Å². The van der Waals surface area contributed by atoms with Gasteiger partial charge in [-0.1, -0.05) is 23.4 Å². The lowest BCUT2D eigenvalue weighted by Gasteiger charge is -2.34. The van der Waals surface area contributed by atoms with Crippen molar-refractivity contribution in [2.45, 2.75) is 6.92 Å². The highest BCUT2D eigenvalue weighted by Gasteiger charge is 2.17. The molecule has 0 saturated carbocycles. The van der Waals surface area contributed by atoms with Gasteiger partial charge in [0.05, 0.1) is 23.7 Å². The van der Waals surface area contributed by atoms with E-state index in [1.165, 1.54) is 23.4 Å². The van der Waals surface area contributed by atoms with Gasteiger partial charge in [0.15, 0.2) is 0 Å². The van der Waals surface area contributed by atoms with Crippen LogP contribution in [0, 0.1) is 17.0 Å². The summed E-state index contributed by atoms with van der Waals surface area (Å²) in [6.07, 6.45) is 0. The fourth-order valence-corrected chi connectivity index (χ4v) is 2.70. The molecule has 0 atom stereocenters. The summed E-state index contributed by atoms with van der Waals surface area (Å²) >= 11 is 0. The summed E-state index contributed by atoms with van der Waals surface area (Å²) in [6.45, 7) is 5.50. The average Bonchev–Trinajstić information content (AvgIpc) is 2.61. The Morgan fingerprint density at radius 2 is 1.67 bits per heavy atom. The number of anilines is 1. The molecule has 3 rings (SSSR count). The lowest BCUT2D eigenvalue weighted by atomic mass is 10.1. The summed E-state index contributed by atoms with van der Waals surface area (Å²) < 4.78 is 0. The highest BCUT2D eigenvalue weighted by Crippen LogP contribution is 2.22. The average molecular weight is 325 g/mol. The molecule has 2 aromatic carbocycles. The molecule has 1 aliphatic heterocycles. The Bertz CT molecular complexity index is 737. The Balaban J connectivity index is 1.57. The Morgan fingerprint density at radius 1 is 1.00 bits per heavy atom. The number of nitrogens with zero attached hydrogens (tertiary/aromatic N) is 5. The zero-order valence-electron chi connectivity index (χ0n) is 13.5. The van der Waals surface area contributed by atoms with Crippen LogP contribution in [0.3, 0.4) is 0 Å². The number of hydrogen-bond donors (Lipinski definition) is 0. The molecule has 0 unspecified atom stereocenters. The maximum atomic E-state index is 10.6. The number of para-hydroxylation sites is 1. The van der Waals surface area contributed by atoms with Crippen LogP contribution in [0.2, 0.25) is 0 Å². The van der Waals surface area contributed by atoms with E-state index in [-0.39, 0.29) is 5.69 Å². The molecular formula is C17H19N5O2. The van der Waals surface area contributed by atoms with E-state index < -0.39 is 4.92 Å². The third kappa shape index (κ3) is 3.68. The van der Waals surface area contributed by atoms with E-state index in [9.17, 15) is 10.1 Å². The van der Waals surface area contributed by atoms with Gasteiger partial charge in [-0.3, -0.25) is 15.1 Å². The van der Waals surface area contributed by atoms with Gasteiger partial charge < -0.3 is 4.90 Å². The second kappa shape index (κ2) is 7.08. The van der Waals surface area contributed by atoms with Crippen LogP contribution in [0.15, 0.2) is 58.9 Å². The van der Waals surface area contributed by atoms with Gasteiger partial charge in [0.1, 0.15) is 0 Å². The lowest BCUT2D eigenvalue weighted by Crippen LogP contribution is -2.44. The first-order valence-corrected chi connectivity index (χ1v) is 7.85. The molecule has 0 spiro atoms. The van der Waals surface area contributed by atoms with Crippen molar-refractivity contribution in [3.8, 4) is 0 Å². The van der Waals surface area contributed by atoms with Crippen molar-refractivity contribution in [1.82, 2.24) is 5.01 Å². The first-order chi connectivity index (χ1) is 11.6. The highest BCUT2D eigenvalue weighted by atomic mass is 16.6. The van der Waals surface area contributed by atoms with Crippen molar-refractivity contribution < 1.29 is 4.92 Å². The predicted molar refractivity (Wildman–Crippen MR) is 92.6 cm³/mol. The van der Waals surface area contributed by atoms with Gasteiger partial charge in [-0.25, -0.2) is 0 Å². The standard InChI is InChI=1S/C17H19N5O2/c1-14-4-2-3-5-17(14)20-10-12-21(13-11-20)19-18-15-6-8-16(9-7-15)22(23)24/h2-9H,10-13H2,1H3/b19-18+. The zero-order valence-corrected chi connectivity index (χ0v) is 13.5. The van der Waals surface area contributed by atoms with Crippen molar-refractivity contribution in [2.75, 3.05) is 31.1 Å². The summed E-state index contributed by atoms with van der Waals surface area (Å²) in [4.78, 5) is 12.6. The SMILES string of the molecule is Cc1ccccc1N1CCN(/N=N/c2ccc([N+](=O)[O-])cc2)CC1. The van der Waals surface area contributed by atoms with Crippen LogP contribution < -0.4 is 4.90 Å². The molecule has 0 radical (unpaired) electrons. The lowest BCUT2D eigenvalue weighted by molar-refractivity contribution is -0.384. The van der Waals surface area contributed by atoms with Crippen molar-refractivity contribution in [1.29, 1.82) is 0 Å². The normalized spacial score (nSPS) is 15.0. The fourth-order valence-electron chi connectivity index (χ4n) is 2.70. The number of nitro groups is 1. The van der Waals surface area contributed by atoms with Gasteiger partial charge in [-0.05, 0) is 30.7 Å². The minimum atomic E-state index is -0.425. The third-order valence-electron chi connectivity index (χ3n) is 4.06. The molecule has 1 fully saturated rings. The molecule has 124 valence electrons. The van der Waals surface area contributed by atoms with Gasteiger partial charge >= 0.3 is 0 Å². The number of piperazine rings is 1. The molecule has 2 aromatic rings. The molecule has 0 aliphatic carbocycles. The monoisotopic (exact) mass is 325 g/mol. The maximum absolute atomic E-state index is 10.6. The molecule has 24 heavy (non-hydrogen) atoms. The Morgan fingerprint density at radius 3 is 2.29 bits per heavy atom. The van der Waals surface area contributed by atoms with Crippen molar-refractivity contribution in [3.63, 3.8) is 0 Å². The summed E-state index contributed by atoms with van der Waals surface area (Å²) in [5, 5.41) is 21.0. The Labute approximate surface area is 140 Å². The predicted octanol–water partition coefficient (Wildman–Crippen LogP) is 3.72. The number of hydrogen-bond acceptors (Lipinski definition) is 5. The maximum Gasteiger partial charge on any atom is 0.269 e. The summed E-state index contributed by atoms with van der Waals surface area (Å²) in [6, 6.07) is 14.4. The summed E-state index contributed by atoms with van der Waals surface area (Å²) in [5.41, 5.74) is 3.21. The van der Waals surface area contributed by atoms with Crippen molar-refractivity contribution in [3.05, 3.63) is 64.2 Å². The van der Waals surface area contributed by atoms with E-state index in [4.69, 9.17) is 0 Å². The van der Waals surface area contributed by atoms with Gasteiger partial charge in [0, 0.05) is 30.9 Å². The number of benzene rings is 2. The van der Waals surface area contributed by atoms with Gasteiger partial charge in [0.2, 0.25) is 0 Å². The van der Waals surface area contributed by atoms with Crippen molar-refractivity contribution >= 4 is 17.1 Å². The Hall–Kier alpha value is -2.96. The van der Waals surface area contributed by atoms with Crippen LogP contribution >= 0.6 is 0 Å². The number of rotatable bonds is 4. The van der Waals surface area contributed by atoms with Crippen LogP contribution in [0.25, 0.3) is 0 Å². The Kier molecular flexibility index (Phi) is 4.69. The molecule has 1 aliphatic rings. The molecule has 1 heterocycles. The smallest absolute Gasteiger partial charge is 0.269 e. The second-order valence-corrected chi connectivity index (χ2v) is 5.69. The minimum absolute atomic E-state index is 0.0563. The molecule has 0 bridgehead atoms. The van der Waals surface area contributed by atoms with Crippen LogP contribution in [0.1, 0.15) is 5.56 Å². The first kappa shape index (κ1) is 15.9. The summed E-state index contributed by atoms with van der Waals surface area (Å²) in [5.74, 6) is 0. The van der Waals surface area contributed by atoms with E-state index in [1.54, 1.807) is 12.1 Å². The van der Waals surface area contributed by atoms with E-state index in [1.807, 2.05) is 11.1 Å². The van der Waals surface area contributed by atoms with E-state index >= 15 is 0 Å². The van der Waals surface area contributed by atoms with Crippen LogP contribution in [-0.4, -0.2) is 36.1 Å². The third-order valence-corrected chi connectivity index (χ3v) is 4.06. The zero-order chi connectivity index (χ0) is 16.9. The van der Waals surface area contributed by atoms with Crippen LogP contribution in [0.4, 0.5) is 17.1 Å². The van der Waals surface area contributed by atoms with E-state index in [2.05, 4.69) is 40.4 Å². The molecule has 0 aromatic heterocycles. The second-order valence-electron chi connectivity index (χ2n) is 5.69. The fraction of sp³-hybridized carbons (Fsp3) is 0.294. The molecular weight excluding hydrogens is 306 g/mol. The molecule has 7 nitrogen and oxygen atoms in total. The van der Waals surface area contributed by atoms with Gasteiger partial charge in [-0.15, -0.1) is 5.11 Å². The molecule has 0 amide bonds. The number of non-ortho nitro benzene ring substituents is 1. The molecule has 7 heteroatoms. The highest BCUT2D eigenvalue weighted by molar-refractivity contribution is 5.53. The topological polar surface area (TPSA) is 74.3 Å². The minimum Gasteiger partial charge on any atom is -0.368 e. The number of aryl methyl sites for hydroxylation is 1.